The van der Waals surface area contributed by atoms with Crippen LogP contribution in [-0.4, -0.2) is 19.1 Å². The van der Waals surface area contributed by atoms with Crippen LogP contribution >= 0.6 is 11.3 Å². The van der Waals surface area contributed by atoms with E-state index >= 15 is 0 Å². The molecule has 0 amide bonds. The van der Waals surface area contributed by atoms with Crippen LogP contribution in [0.3, 0.4) is 0 Å². The molecule has 1 rings (SSSR count). The number of hydrogen-bond donors (Lipinski definition) is 0. The number of rotatable bonds is 6. The zero-order chi connectivity index (χ0) is 12.5. The summed E-state index contributed by atoms with van der Waals surface area (Å²) in [4.78, 5) is 15.6. The molecular weight excluding hydrogens is 238 g/mol. The average molecular weight is 251 g/mol. The first-order valence-electron chi connectivity index (χ1n) is 5.22. The van der Waals surface area contributed by atoms with Gasteiger partial charge in [0.15, 0.2) is 0 Å². The molecule has 0 atom stereocenters. The second-order valence-electron chi connectivity index (χ2n) is 3.07. The molecule has 0 spiro atoms. The van der Waals surface area contributed by atoms with Crippen molar-refractivity contribution < 1.29 is 9.53 Å². The van der Waals surface area contributed by atoms with Gasteiger partial charge in [-0.05, 0) is 37.1 Å². The minimum absolute atomic E-state index is 0.286. The van der Waals surface area contributed by atoms with E-state index in [4.69, 9.17) is 10.3 Å². The first-order valence-corrected chi connectivity index (χ1v) is 6.04. The number of nitrogens with zero attached hydrogens (tertiary/aromatic N) is 3. The lowest BCUT2D eigenvalue weighted by atomic mass is 10.3. The lowest BCUT2D eigenvalue weighted by Gasteiger charge is -1.96. The highest BCUT2D eigenvalue weighted by atomic mass is 32.1. The van der Waals surface area contributed by atoms with Gasteiger partial charge in [-0.3, -0.25) is 0 Å². The van der Waals surface area contributed by atoms with Crippen LogP contribution in [0.5, 0.6) is 0 Å². The van der Waals surface area contributed by atoms with Crippen LogP contribution in [0.1, 0.15) is 27.9 Å². The molecule has 1 heterocycles. The zero-order valence-electron chi connectivity index (χ0n) is 9.50. The number of ether oxygens (including phenoxy) is 1. The second-order valence-corrected chi connectivity index (χ2v) is 4.18. The van der Waals surface area contributed by atoms with Gasteiger partial charge in [-0.1, -0.05) is 11.2 Å². The Morgan fingerprint density at radius 1 is 1.65 bits per heavy atom. The fourth-order valence-corrected chi connectivity index (χ4v) is 1.96. The van der Waals surface area contributed by atoms with Gasteiger partial charge < -0.3 is 4.74 Å². The normalized spacial score (nSPS) is 10.2. The van der Waals surface area contributed by atoms with Gasteiger partial charge in [0.1, 0.15) is 4.88 Å². The van der Waals surface area contributed by atoms with Crippen molar-refractivity contribution >= 4 is 23.4 Å². The highest BCUT2D eigenvalue weighted by Gasteiger charge is 2.08. The summed E-state index contributed by atoms with van der Waals surface area (Å²) in [6.07, 6.45) is 4.51. The summed E-state index contributed by atoms with van der Waals surface area (Å²) in [5.41, 5.74) is 8.08. The number of esters is 1. The van der Waals surface area contributed by atoms with Gasteiger partial charge in [0.25, 0.3) is 0 Å². The fourth-order valence-electron chi connectivity index (χ4n) is 1.13. The van der Waals surface area contributed by atoms with E-state index in [1.54, 1.807) is 13.0 Å². The second kappa shape index (κ2) is 7.49. The van der Waals surface area contributed by atoms with Gasteiger partial charge in [0, 0.05) is 16.3 Å². The van der Waals surface area contributed by atoms with Gasteiger partial charge in [0.05, 0.1) is 6.61 Å². The molecule has 6 heteroatoms. The van der Waals surface area contributed by atoms with Gasteiger partial charge in [-0.15, -0.1) is 11.3 Å². The first-order chi connectivity index (χ1) is 8.27. The Labute approximate surface area is 103 Å². The molecule has 0 aliphatic carbocycles. The predicted octanol–water partition coefficient (Wildman–Crippen LogP) is 3.64. The molecule has 1 aromatic rings. The number of carbonyl (C=O) groups is 1. The maximum atomic E-state index is 11.4. The molecule has 0 saturated carbocycles. The number of carbonyl (C=O) groups excluding carboxylic acids is 1. The summed E-state index contributed by atoms with van der Waals surface area (Å²) in [7, 11) is 0. The molecule has 0 aromatic carbocycles. The van der Waals surface area contributed by atoms with Crippen molar-refractivity contribution in [2.45, 2.75) is 13.3 Å². The molecule has 0 radical (unpaired) electrons. The van der Waals surface area contributed by atoms with Crippen LogP contribution in [-0.2, 0) is 4.74 Å². The third kappa shape index (κ3) is 4.72. The average Bonchev–Trinajstić information content (AvgIpc) is 2.78. The van der Waals surface area contributed by atoms with Crippen molar-refractivity contribution in [2.24, 2.45) is 5.11 Å². The van der Waals surface area contributed by atoms with Crippen molar-refractivity contribution in [2.75, 3.05) is 13.2 Å². The Kier molecular flexibility index (Phi) is 5.85. The molecule has 0 aliphatic heterocycles. The molecular formula is C11H13N3O2S. The minimum atomic E-state index is -0.286. The quantitative estimate of drug-likeness (QED) is 0.254. The highest BCUT2D eigenvalue weighted by Crippen LogP contribution is 2.19. The van der Waals surface area contributed by atoms with Crippen molar-refractivity contribution in [3.63, 3.8) is 0 Å². The van der Waals surface area contributed by atoms with Crippen LogP contribution < -0.4 is 0 Å². The van der Waals surface area contributed by atoms with E-state index in [0.717, 1.165) is 4.88 Å². The van der Waals surface area contributed by atoms with E-state index < -0.39 is 0 Å². The maximum absolute atomic E-state index is 11.4. The Hall–Kier alpha value is -1.78. The SMILES string of the molecule is CCOC(=O)c1ccc(C=CCCN=[N+]=[N-])s1. The maximum Gasteiger partial charge on any atom is 0.348 e. The smallest absolute Gasteiger partial charge is 0.348 e. The molecule has 0 unspecified atom stereocenters. The molecule has 1 aromatic heterocycles. The minimum Gasteiger partial charge on any atom is -0.462 e. The van der Waals surface area contributed by atoms with Gasteiger partial charge in [0.2, 0.25) is 0 Å². The van der Waals surface area contributed by atoms with E-state index in [1.807, 2.05) is 18.2 Å². The van der Waals surface area contributed by atoms with Crippen LogP contribution in [0.25, 0.3) is 16.5 Å². The van der Waals surface area contributed by atoms with Gasteiger partial charge >= 0.3 is 5.97 Å². The molecule has 90 valence electrons. The number of hydrogen-bond acceptors (Lipinski definition) is 4. The monoisotopic (exact) mass is 251 g/mol. The molecule has 0 N–H and O–H groups in total. The van der Waals surface area contributed by atoms with E-state index in [1.165, 1.54) is 11.3 Å². The lowest BCUT2D eigenvalue weighted by Crippen LogP contribution is -2.01. The van der Waals surface area contributed by atoms with Crippen LogP contribution in [0, 0.1) is 0 Å². The predicted molar refractivity (Wildman–Crippen MR) is 67.9 cm³/mol. The Morgan fingerprint density at radius 3 is 3.18 bits per heavy atom. The summed E-state index contributed by atoms with van der Waals surface area (Å²) in [6.45, 7) is 2.61. The van der Waals surface area contributed by atoms with Crippen LogP contribution in [0.15, 0.2) is 23.3 Å². The van der Waals surface area contributed by atoms with E-state index in [-0.39, 0.29) is 5.97 Å². The summed E-state index contributed by atoms with van der Waals surface area (Å²) >= 11 is 1.38. The van der Waals surface area contributed by atoms with Crippen molar-refractivity contribution in [1.82, 2.24) is 0 Å². The summed E-state index contributed by atoms with van der Waals surface area (Å²) in [5.74, 6) is -0.286. The Bertz CT molecular complexity index is 447. The molecule has 0 aliphatic rings. The largest absolute Gasteiger partial charge is 0.462 e. The first kappa shape index (κ1) is 13.3. The standard InChI is InChI=1S/C11H13N3O2S/c1-2-16-11(15)10-7-6-9(17-10)5-3-4-8-13-14-12/h3,5-7H,2,4,8H2,1H3. The van der Waals surface area contributed by atoms with Gasteiger partial charge in [-0.2, -0.15) is 0 Å². The van der Waals surface area contributed by atoms with Gasteiger partial charge in [-0.25, -0.2) is 4.79 Å². The van der Waals surface area contributed by atoms with E-state index in [9.17, 15) is 4.79 Å². The molecule has 17 heavy (non-hydrogen) atoms. The third-order valence-corrected chi connectivity index (χ3v) is 2.88. The van der Waals surface area contributed by atoms with E-state index in [0.29, 0.717) is 24.4 Å². The summed E-state index contributed by atoms with van der Waals surface area (Å²) < 4.78 is 4.89. The highest BCUT2D eigenvalue weighted by molar-refractivity contribution is 7.14. The van der Waals surface area contributed by atoms with E-state index in [2.05, 4.69) is 10.0 Å². The molecule has 0 saturated heterocycles. The Morgan fingerprint density at radius 2 is 2.47 bits per heavy atom. The summed E-state index contributed by atoms with van der Waals surface area (Å²) in [5, 5.41) is 3.42. The molecule has 0 fully saturated rings. The van der Waals surface area contributed by atoms with Crippen LogP contribution in [0.4, 0.5) is 0 Å². The molecule has 5 nitrogen and oxygen atoms in total. The number of thiophene rings is 1. The van der Waals surface area contributed by atoms with Crippen molar-refractivity contribution in [3.05, 3.63) is 38.4 Å². The van der Waals surface area contributed by atoms with Crippen molar-refractivity contribution in [1.29, 1.82) is 0 Å². The number of azide groups is 1. The zero-order valence-corrected chi connectivity index (χ0v) is 10.3. The topological polar surface area (TPSA) is 75.1 Å². The van der Waals surface area contributed by atoms with Crippen molar-refractivity contribution in [3.8, 4) is 0 Å². The summed E-state index contributed by atoms with van der Waals surface area (Å²) in [6, 6.07) is 3.61. The Balaban J connectivity index is 2.50. The fraction of sp³-hybridized carbons (Fsp3) is 0.364. The third-order valence-electron chi connectivity index (χ3n) is 1.84. The lowest BCUT2D eigenvalue weighted by molar-refractivity contribution is 0.0532. The van der Waals surface area contributed by atoms with Crippen LogP contribution in [0.2, 0.25) is 0 Å². The molecule has 0 bridgehead atoms.